The smallest absolute Gasteiger partial charge is 0.373 e. The molecule has 1 aliphatic heterocycles. The van der Waals surface area contributed by atoms with Crippen molar-refractivity contribution in [2.24, 2.45) is 0 Å². The first-order chi connectivity index (χ1) is 8.85. The zero-order valence-corrected chi connectivity index (χ0v) is 10.9. The second kappa shape index (κ2) is 4.42. The number of rotatable bonds is 3. The van der Waals surface area contributed by atoms with E-state index in [9.17, 15) is 14.4 Å². The molecule has 2 rings (SSSR count). The number of nitrogens with zero attached hydrogens (tertiary/aromatic N) is 1. The summed E-state index contributed by atoms with van der Waals surface area (Å²) in [5, 5.41) is 2.56. The molecule has 2 heterocycles. The van der Waals surface area contributed by atoms with Crippen LogP contribution in [-0.4, -0.2) is 35.5 Å². The molecular formula is C12H14N2O5. The lowest BCUT2D eigenvalue weighted by molar-refractivity contribution is -0.130. The Morgan fingerprint density at radius 2 is 2.11 bits per heavy atom. The van der Waals surface area contributed by atoms with Gasteiger partial charge in [-0.05, 0) is 26.0 Å². The van der Waals surface area contributed by atoms with Crippen molar-refractivity contribution in [3.8, 4) is 0 Å². The molecule has 19 heavy (non-hydrogen) atoms. The third-order valence-corrected chi connectivity index (χ3v) is 2.81. The minimum absolute atomic E-state index is 0.0227. The van der Waals surface area contributed by atoms with Gasteiger partial charge in [-0.25, -0.2) is 9.59 Å². The van der Waals surface area contributed by atoms with Crippen LogP contribution in [0.1, 0.15) is 30.2 Å². The molecular weight excluding hydrogens is 252 g/mol. The predicted octanol–water partition coefficient (Wildman–Crippen LogP) is 0.897. The molecule has 0 saturated carbocycles. The average molecular weight is 266 g/mol. The van der Waals surface area contributed by atoms with Crippen LogP contribution >= 0.6 is 0 Å². The Kier molecular flexibility index (Phi) is 3.05. The van der Waals surface area contributed by atoms with Gasteiger partial charge in [0.05, 0.1) is 13.7 Å². The number of methoxy groups -OCH3 is 1. The maximum absolute atomic E-state index is 11.9. The predicted molar refractivity (Wildman–Crippen MR) is 63.2 cm³/mol. The van der Waals surface area contributed by atoms with Crippen LogP contribution in [0.15, 0.2) is 16.5 Å². The van der Waals surface area contributed by atoms with Crippen molar-refractivity contribution in [2.75, 3.05) is 7.11 Å². The second-order valence-corrected chi connectivity index (χ2v) is 4.70. The van der Waals surface area contributed by atoms with Gasteiger partial charge in [-0.3, -0.25) is 9.69 Å². The SMILES string of the molecule is COC(=O)c1ccc(CN2C(=O)NC(C)(C)C2=O)o1. The van der Waals surface area contributed by atoms with Crippen molar-refractivity contribution >= 4 is 17.9 Å². The van der Waals surface area contributed by atoms with E-state index < -0.39 is 17.5 Å². The lowest BCUT2D eigenvalue weighted by Crippen LogP contribution is -2.40. The monoisotopic (exact) mass is 266 g/mol. The lowest BCUT2D eigenvalue weighted by atomic mass is 10.1. The summed E-state index contributed by atoms with van der Waals surface area (Å²) in [6.07, 6.45) is 0. The van der Waals surface area contributed by atoms with Crippen LogP contribution in [0, 0.1) is 0 Å². The van der Waals surface area contributed by atoms with Gasteiger partial charge in [-0.1, -0.05) is 0 Å². The molecule has 1 N–H and O–H groups in total. The third-order valence-electron chi connectivity index (χ3n) is 2.81. The van der Waals surface area contributed by atoms with Gasteiger partial charge < -0.3 is 14.5 Å². The van der Waals surface area contributed by atoms with Crippen LogP contribution in [0.4, 0.5) is 4.79 Å². The molecule has 1 aromatic heterocycles. The van der Waals surface area contributed by atoms with Crippen LogP contribution in [0.2, 0.25) is 0 Å². The molecule has 0 aromatic carbocycles. The first-order valence-corrected chi connectivity index (χ1v) is 5.66. The molecule has 102 valence electrons. The van der Waals surface area contributed by atoms with Crippen molar-refractivity contribution in [2.45, 2.75) is 25.9 Å². The standard InChI is InChI=1S/C12H14N2O5/c1-12(2)10(16)14(11(17)13-12)6-7-4-5-8(19-7)9(15)18-3/h4-5H,6H2,1-3H3,(H,13,17). The van der Waals surface area contributed by atoms with E-state index in [1.165, 1.54) is 19.2 Å². The van der Waals surface area contributed by atoms with E-state index in [0.29, 0.717) is 5.76 Å². The van der Waals surface area contributed by atoms with Gasteiger partial charge in [-0.2, -0.15) is 0 Å². The second-order valence-electron chi connectivity index (χ2n) is 4.70. The number of carbonyl (C=O) groups excluding carboxylic acids is 3. The Balaban J connectivity index is 2.14. The highest BCUT2D eigenvalue weighted by Crippen LogP contribution is 2.20. The molecule has 0 bridgehead atoms. The molecule has 1 fully saturated rings. The van der Waals surface area contributed by atoms with Crippen LogP contribution in [-0.2, 0) is 16.1 Å². The Labute approximate surface area is 109 Å². The summed E-state index contributed by atoms with van der Waals surface area (Å²) in [6.45, 7) is 3.22. The van der Waals surface area contributed by atoms with Gasteiger partial charge in [0.15, 0.2) is 0 Å². The number of carbonyl (C=O) groups is 3. The molecule has 0 atom stereocenters. The van der Waals surface area contributed by atoms with E-state index in [0.717, 1.165) is 4.90 Å². The van der Waals surface area contributed by atoms with Crippen molar-refractivity contribution in [1.29, 1.82) is 0 Å². The Bertz CT molecular complexity index is 546. The van der Waals surface area contributed by atoms with Gasteiger partial charge in [0.1, 0.15) is 11.3 Å². The van der Waals surface area contributed by atoms with E-state index >= 15 is 0 Å². The molecule has 7 heteroatoms. The number of esters is 1. The summed E-state index contributed by atoms with van der Waals surface area (Å²) >= 11 is 0. The minimum atomic E-state index is -0.922. The fourth-order valence-corrected chi connectivity index (χ4v) is 1.79. The quantitative estimate of drug-likeness (QED) is 0.648. The fraction of sp³-hybridized carbons (Fsp3) is 0.417. The Morgan fingerprint density at radius 3 is 2.63 bits per heavy atom. The maximum Gasteiger partial charge on any atom is 0.373 e. The summed E-state index contributed by atoms with van der Waals surface area (Å²) in [5.41, 5.74) is -0.922. The minimum Gasteiger partial charge on any atom is -0.463 e. The highest BCUT2D eigenvalue weighted by Gasteiger charge is 2.44. The van der Waals surface area contributed by atoms with Crippen LogP contribution in [0.3, 0.4) is 0 Å². The zero-order chi connectivity index (χ0) is 14.2. The number of hydrogen-bond acceptors (Lipinski definition) is 5. The highest BCUT2D eigenvalue weighted by atomic mass is 16.5. The molecule has 0 radical (unpaired) electrons. The Hall–Kier alpha value is -2.31. The summed E-state index contributed by atoms with van der Waals surface area (Å²) in [4.78, 5) is 35.9. The molecule has 0 aliphatic carbocycles. The van der Waals surface area contributed by atoms with Gasteiger partial charge in [0, 0.05) is 0 Å². The Morgan fingerprint density at radius 1 is 1.42 bits per heavy atom. The lowest BCUT2D eigenvalue weighted by Gasteiger charge is -2.14. The average Bonchev–Trinajstić information content (AvgIpc) is 2.88. The van der Waals surface area contributed by atoms with Gasteiger partial charge in [0.2, 0.25) is 5.76 Å². The number of nitrogens with one attached hydrogen (secondary N) is 1. The van der Waals surface area contributed by atoms with E-state index in [1.54, 1.807) is 13.8 Å². The topological polar surface area (TPSA) is 88.9 Å². The summed E-state index contributed by atoms with van der Waals surface area (Å²) in [7, 11) is 1.24. The van der Waals surface area contributed by atoms with Crippen LogP contribution in [0.5, 0.6) is 0 Å². The molecule has 3 amide bonds. The van der Waals surface area contributed by atoms with E-state index in [1.807, 2.05) is 0 Å². The molecule has 1 saturated heterocycles. The van der Waals surface area contributed by atoms with E-state index in [2.05, 4.69) is 10.1 Å². The molecule has 7 nitrogen and oxygen atoms in total. The van der Waals surface area contributed by atoms with Gasteiger partial charge in [0.25, 0.3) is 5.91 Å². The van der Waals surface area contributed by atoms with E-state index in [4.69, 9.17) is 4.42 Å². The van der Waals surface area contributed by atoms with Crippen molar-refractivity contribution < 1.29 is 23.5 Å². The van der Waals surface area contributed by atoms with E-state index in [-0.39, 0.29) is 18.2 Å². The van der Waals surface area contributed by atoms with Crippen LogP contribution < -0.4 is 5.32 Å². The first-order valence-electron chi connectivity index (χ1n) is 5.66. The first kappa shape index (κ1) is 13.1. The maximum atomic E-state index is 11.9. The molecule has 0 spiro atoms. The summed E-state index contributed by atoms with van der Waals surface area (Å²) < 4.78 is 9.72. The normalized spacial score (nSPS) is 17.5. The largest absolute Gasteiger partial charge is 0.463 e. The fourth-order valence-electron chi connectivity index (χ4n) is 1.79. The van der Waals surface area contributed by atoms with Gasteiger partial charge in [-0.15, -0.1) is 0 Å². The molecule has 0 unspecified atom stereocenters. The zero-order valence-electron chi connectivity index (χ0n) is 10.9. The number of urea groups is 1. The summed E-state index contributed by atoms with van der Waals surface area (Å²) in [6, 6.07) is 2.48. The third kappa shape index (κ3) is 2.31. The number of ether oxygens (including phenoxy) is 1. The highest BCUT2D eigenvalue weighted by molar-refractivity contribution is 6.06. The van der Waals surface area contributed by atoms with Gasteiger partial charge >= 0.3 is 12.0 Å². The van der Waals surface area contributed by atoms with Crippen molar-refractivity contribution in [3.63, 3.8) is 0 Å². The molecule has 1 aromatic rings. The number of hydrogen-bond donors (Lipinski definition) is 1. The number of furan rings is 1. The summed E-state index contributed by atoms with van der Waals surface area (Å²) in [5.74, 6) is -0.581. The number of amides is 3. The molecule has 1 aliphatic rings. The van der Waals surface area contributed by atoms with Crippen molar-refractivity contribution in [1.82, 2.24) is 10.2 Å². The van der Waals surface area contributed by atoms with Crippen molar-refractivity contribution in [3.05, 3.63) is 23.7 Å². The van der Waals surface area contributed by atoms with Crippen LogP contribution in [0.25, 0.3) is 0 Å². The number of imide groups is 1.